The van der Waals surface area contributed by atoms with Gasteiger partial charge in [0.05, 0.1) is 19.7 Å². The van der Waals surface area contributed by atoms with Crippen LogP contribution in [0.15, 0.2) is 65.5 Å². The molecule has 10 nitrogen and oxygen atoms in total. The molecule has 1 atom stereocenters. The fourth-order valence-electron chi connectivity index (χ4n) is 5.67. The number of hydrogen-bond acceptors (Lipinski definition) is 8. The lowest BCUT2D eigenvalue weighted by molar-refractivity contribution is 0.161. The van der Waals surface area contributed by atoms with Gasteiger partial charge in [-0.2, -0.15) is 0 Å². The van der Waals surface area contributed by atoms with Crippen molar-refractivity contribution in [3.05, 3.63) is 105 Å². The molecule has 0 unspecified atom stereocenters. The van der Waals surface area contributed by atoms with Gasteiger partial charge >= 0.3 is 0 Å². The summed E-state index contributed by atoms with van der Waals surface area (Å²) in [5.74, 6) is 2.98. The summed E-state index contributed by atoms with van der Waals surface area (Å²) < 4.78 is 18.3. The van der Waals surface area contributed by atoms with E-state index in [9.17, 15) is 4.79 Å². The van der Waals surface area contributed by atoms with E-state index in [1.54, 1.807) is 7.11 Å². The quantitative estimate of drug-likeness (QED) is 0.250. The first-order valence-electron chi connectivity index (χ1n) is 14.1. The molecule has 216 valence electrons. The van der Waals surface area contributed by atoms with E-state index < -0.39 is 0 Å². The van der Waals surface area contributed by atoms with Crippen molar-refractivity contribution in [3.63, 3.8) is 0 Å². The van der Waals surface area contributed by atoms with Crippen molar-refractivity contribution in [1.29, 1.82) is 0 Å². The van der Waals surface area contributed by atoms with Crippen molar-refractivity contribution in [3.8, 4) is 17.2 Å². The van der Waals surface area contributed by atoms with Gasteiger partial charge in [0.2, 0.25) is 6.79 Å². The third-order valence-corrected chi connectivity index (χ3v) is 7.76. The Balaban J connectivity index is 1.37. The molecule has 0 aliphatic carbocycles. The van der Waals surface area contributed by atoms with Gasteiger partial charge in [0.15, 0.2) is 17.3 Å². The number of tetrazole rings is 1. The Morgan fingerprint density at radius 2 is 1.79 bits per heavy atom. The average Bonchev–Trinajstić information content (AvgIpc) is 3.64. The molecule has 0 radical (unpaired) electrons. The molecule has 0 spiro atoms. The van der Waals surface area contributed by atoms with Crippen LogP contribution in [-0.2, 0) is 19.6 Å². The topological polar surface area (TPSA) is 107 Å². The highest BCUT2D eigenvalue weighted by molar-refractivity contribution is 5.83. The summed E-state index contributed by atoms with van der Waals surface area (Å²) in [5, 5.41) is 13.9. The lowest BCUT2D eigenvalue weighted by atomic mass is 10.0. The number of fused-ring (bicyclic) bond motifs is 2. The van der Waals surface area contributed by atoms with Gasteiger partial charge in [-0.05, 0) is 89.3 Å². The molecule has 42 heavy (non-hydrogen) atoms. The average molecular weight is 567 g/mol. The summed E-state index contributed by atoms with van der Waals surface area (Å²) in [6.45, 7) is 7.90. The van der Waals surface area contributed by atoms with Crippen molar-refractivity contribution >= 4 is 10.9 Å². The van der Waals surface area contributed by atoms with Gasteiger partial charge in [-0.15, -0.1) is 5.10 Å². The Morgan fingerprint density at radius 1 is 1.00 bits per heavy atom. The molecule has 10 heteroatoms. The van der Waals surface area contributed by atoms with Crippen LogP contribution in [0.1, 0.15) is 53.0 Å². The Morgan fingerprint density at radius 3 is 2.57 bits per heavy atom. The number of nitrogens with zero attached hydrogens (tertiary/aromatic N) is 5. The number of nitrogens with one attached hydrogen (secondary N) is 1. The molecule has 1 N–H and O–H groups in total. The fraction of sp³-hybridized carbons (Fsp3) is 0.312. The summed E-state index contributed by atoms with van der Waals surface area (Å²) in [7, 11) is 1.65. The van der Waals surface area contributed by atoms with Crippen LogP contribution in [0.5, 0.6) is 17.2 Å². The number of hydrogen-bond donors (Lipinski definition) is 1. The number of pyridine rings is 1. The Hall–Kier alpha value is -4.70. The number of benzene rings is 3. The van der Waals surface area contributed by atoms with E-state index in [1.807, 2.05) is 66.2 Å². The van der Waals surface area contributed by atoms with Gasteiger partial charge in [-0.3, -0.25) is 9.69 Å². The molecule has 0 fully saturated rings. The predicted molar refractivity (Wildman–Crippen MR) is 159 cm³/mol. The van der Waals surface area contributed by atoms with Crippen molar-refractivity contribution in [2.75, 3.05) is 13.9 Å². The van der Waals surface area contributed by atoms with Gasteiger partial charge in [-0.1, -0.05) is 31.2 Å². The van der Waals surface area contributed by atoms with Crippen molar-refractivity contribution in [2.24, 2.45) is 0 Å². The molecule has 0 saturated heterocycles. The second kappa shape index (κ2) is 11.7. The zero-order valence-corrected chi connectivity index (χ0v) is 24.3. The third-order valence-electron chi connectivity index (χ3n) is 7.76. The molecule has 1 aliphatic rings. The number of aryl methyl sites for hydroxylation is 2. The summed E-state index contributed by atoms with van der Waals surface area (Å²) in [5.41, 5.74) is 5.76. The molecule has 6 rings (SSSR count). The van der Waals surface area contributed by atoms with Gasteiger partial charge in [0.1, 0.15) is 5.75 Å². The third kappa shape index (κ3) is 5.58. The Bertz CT molecular complexity index is 1780. The van der Waals surface area contributed by atoms with Gasteiger partial charge < -0.3 is 19.2 Å². The van der Waals surface area contributed by atoms with E-state index in [0.717, 1.165) is 62.7 Å². The first-order valence-corrected chi connectivity index (χ1v) is 14.1. The Labute approximate surface area is 243 Å². The monoisotopic (exact) mass is 566 g/mol. The number of methoxy groups -OCH3 is 1. The van der Waals surface area contributed by atoms with Crippen LogP contribution in [0.2, 0.25) is 0 Å². The van der Waals surface area contributed by atoms with Crippen LogP contribution < -0.4 is 19.8 Å². The molecular weight excluding hydrogens is 532 g/mol. The number of aromatic nitrogens is 5. The first kappa shape index (κ1) is 27.5. The van der Waals surface area contributed by atoms with Crippen LogP contribution in [0.4, 0.5) is 0 Å². The van der Waals surface area contributed by atoms with E-state index in [-0.39, 0.29) is 18.4 Å². The van der Waals surface area contributed by atoms with Crippen molar-refractivity contribution in [1.82, 2.24) is 30.1 Å². The molecule has 5 aromatic rings. The lowest BCUT2D eigenvalue weighted by Crippen LogP contribution is -2.32. The number of ether oxygens (including phenoxy) is 3. The minimum atomic E-state index is -0.169. The summed E-state index contributed by atoms with van der Waals surface area (Å²) in [6, 6.07) is 19.8. The fourth-order valence-corrected chi connectivity index (χ4v) is 5.67. The van der Waals surface area contributed by atoms with E-state index in [1.165, 1.54) is 0 Å². The maximum Gasteiger partial charge on any atom is 0.252 e. The molecule has 0 amide bonds. The largest absolute Gasteiger partial charge is 0.497 e. The lowest BCUT2D eigenvalue weighted by Gasteiger charge is -2.30. The molecule has 3 heterocycles. The minimum Gasteiger partial charge on any atom is -0.497 e. The smallest absolute Gasteiger partial charge is 0.252 e. The minimum absolute atomic E-state index is 0.101. The SMILES string of the molecule is CC[C@@H](c1nnnn1Cc1ccc(OC)cc1)N(Cc1ccc2c(c1)OCO2)Cc1cc2c(C)cc(C)cc2[nH]c1=O. The number of H-pyrrole nitrogens is 1. The molecule has 0 saturated carbocycles. The highest BCUT2D eigenvalue weighted by atomic mass is 16.7. The molecule has 0 bridgehead atoms. The van der Waals surface area contributed by atoms with E-state index in [0.29, 0.717) is 25.2 Å². The molecule has 1 aliphatic heterocycles. The molecular formula is C32H34N6O4. The number of aromatic amines is 1. The summed E-state index contributed by atoms with van der Waals surface area (Å²) in [4.78, 5) is 18.8. The van der Waals surface area contributed by atoms with Gasteiger partial charge in [-0.25, -0.2) is 4.68 Å². The van der Waals surface area contributed by atoms with Crippen LogP contribution in [0.25, 0.3) is 10.9 Å². The Kier molecular flexibility index (Phi) is 7.62. The molecule has 2 aromatic heterocycles. The van der Waals surface area contributed by atoms with Gasteiger partial charge in [0.25, 0.3) is 5.56 Å². The van der Waals surface area contributed by atoms with Crippen LogP contribution in [-0.4, -0.2) is 44.0 Å². The predicted octanol–water partition coefficient (Wildman–Crippen LogP) is 5.07. The summed E-state index contributed by atoms with van der Waals surface area (Å²) in [6.07, 6.45) is 0.733. The number of rotatable bonds is 10. The van der Waals surface area contributed by atoms with Crippen LogP contribution in [0.3, 0.4) is 0 Å². The van der Waals surface area contributed by atoms with Gasteiger partial charge in [0, 0.05) is 29.6 Å². The van der Waals surface area contributed by atoms with Crippen LogP contribution >= 0.6 is 0 Å². The first-order chi connectivity index (χ1) is 20.4. The highest BCUT2D eigenvalue weighted by Crippen LogP contribution is 2.34. The van der Waals surface area contributed by atoms with E-state index in [2.05, 4.69) is 45.3 Å². The zero-order valence-electron chi connectivity index (χ0n) is 24.3. The molecule has 3 aromatic carbocycles. The van der Waals surface area contributed by atoms with E-state index >= 15 is 0 Å². The second-order valence-corrected chi connectivity index (χ2v) is 10.7. The standard InChI is InChI=1S/C32H34N6O4/c1-5-28(31-34-35-36-38(31)17-22-6-9-25(40-4)10-7-22)37(16-23-8-11-29-30(14-23)42-19-41-29)18-24-15-26-21(3)12-20(2)13-27(26)33-32(24)39/h6-15,28H,5,16-19H2,1-4H3,(H,33,39)/t28-/m0/s1. The van der Waals surface area contributed by atoms with Crippen molar-refractivity contribution in [2.45, 2.75) is 52.9 Å². The van der Waals surface area contributed by atoms with Crippen LogP contribution in [0, 0.1) is 13.8 Å². The zero-order chi connectivity index (χ0) is 29.2. The maximum absolute atomic E-state index is 13.4. The second-order valence-electron chi connectivity index (χ2n) is 10.7. The normalized spacial score (nSPS) is 13.2. The van der Waals surface area contributed by atoms with Crippen molar-refractivity contribution < 1.29 is 14.2 Å². The van der Waals surface area contributed by atoms with E-state index in [4.69, 9.17) is 14.2 Å². The summed E-state index contributed by atoms with van der Waals surface area (Å²) >= 11 is 0. The maximum atomic E-state index is 13.4. The highest BCUT2D eigenvalue weighted by Gasteiger charge is 2.27.